The number of carbonyl (C=O) groups excluding carboxylic acids is 1. The van der Waals surface area contributed by atoms with Gasteiger partial charge in [0.1, 0.15) is 6.29 Å². The standard InChI is InChI=1S/C14H18BrNO3/c1-14(2,3)12(11(8-17)16-13(18)19)9-4-6-10(15)7-5-9/h4-8,11-12,16H,1-3H3,(H,18,19)/t11?,12-/m0/s1. The minimum Gasteiger partial charge on any atom is -0.465 e. The number of hydrogen-bond donors (Lipinski definition) is 2. The molecule has 1 unspecified atom stereocenters. The van der Waals surface area contributed by atoms with Crippen LogP contribution in [0.4, 0.5) is 4.79 Å². The van der Waals surface area contributed by atoms with E-state index in [2.05, 4.69) is 21.2 Å². The summed E-state index contributed by atoms with van der Waals surface area (Å²) in [5.74, 6) is -0.228. The van der Waals surface area contributed by atoms with E-state index >= 15 is 0 Å². The molecule has 0 radical (unpaired) electrons. The zero-order valence-electron chi connectivity index (χ0n) is 11.2. The fourth-order valence-corrected chi connectivity index (χ4v) is 2.52. The van der Waals surface area contributed by atoms with Crippen LogP contribution < -0.4 is 5.32 Å². The van der Waals surface area contributed by atoms with Crippen molar-refractivity contribution in [3.8, 4) is 0 Å². The first kappa shape index (κ1) is 15.7. The van der Waals surface area contributed by atoms with Crippen molar-refractivity contribution in [3.63, 3.8) is 0 Å². The molecule has 104 valence electrons. The predicted octanol–water partition coefficient (Wildman–Crippen LogP) is 3.41. The van der Waals surface area contributed by atoms with Gasteiger partial charge in [0.2, 0.25) is 0 Å². The van der Waals surface area contributed by atoms with E-state index in [1.54, 1.807) is 0 Å². The monoisotopic (exact) mass is 327 g/mol. The van der Waals surface area contributed by atoms with Gasteiger partial charge in [0.15, 0.2) is 0 Å². The van der Waals surface area contributed by atoms with Crippen molar-refractivity contribution in [2.45, 2.75) is 32.7 Å². The molecule has 0 heterocycles. The summed E-state index contributed by atoms with van der Waals surface area (Å²) < 4.78 is 0.942. The van der Waals surface area contributed by atoms with Gasteiger partial charge < -0.3 is 15.2 Å². The van der Waals surface area contributed by atoms with Gasteiger partial charge in [-0.2, -0.15) is 0 Å². The molecule has 0 aromatic heterocycles. The van der Waals surface area contributed by atoms with Gasteiger partial charge in [0, 0.05) is 10.4 Å². The number of amides is 1. The quantitative estimate of drug-likeness (QED) is 0.833. The van der Waals surface area contributed by atoms with Crippen LogP contribution >= 0.6 is 15.9 Å². The molecule has 0 bridgehead atoms. The second-order valence-electron chi connectivity index (χ2n) is 5.51. The molecule has 19 heavy (non-hydrogen) atoms. The highest BCUT2D eigenvalue weighted by molar-refractivity contribution is 9.10. The van der Waals surface area contributed by atoms with E-state index in [1.165, 1.54) is 0 Å². The summed E-state index contributed by atoms with van der Waals surface area (Å²) in [6.07, 6.45) is -0.532. The van der Waals surface area contributed by atoms with Crippen molar-refractivity contribution in [2.24, 2.45) is 5.41 Å². The minimum absolute atomic E-state index is 0.228. The molecule has 2 atom stereocenters. The van der Waals surface area contributed by atoms with Crippen LogP contribution in [0.1, 0.15) is 32.3 Å². The molecule has 1 amide bonds. The van der Waals surface area contributed by atoms with Gasteiger partial charge in [-0.25, -0.2) is 4.79 Å². The Kier molecular flexibility index (Phi) is 5.11. The molecule has 0 saturated carbocycles. The van der Waals surface area contributed by atoms with Crippen molar-refractivity contribution in [2.75, 3.05) is 0 Å². The average molecular weight is 328 g/mol. The van der Waals surface area contributed by atoms with Gasteiger partial charge >= 0.3 is 6.09 Å². The highest BCUT2D eigenvalue weighted by Gasteiger charge is 2.34. The van der Waals surface area contributed by atoms with Crippen molar-refractivity contribution in [1.29, 1.82) is 0 Å². The zero-order valence-corrected chi connectivity index (χ0v) is 12.8. The van der Waals surface area contributed by atoms with Crippen LogP contribution in [-0.4, -0.2) is 23.5 Å². The molecule has 0 fully saturated rings. The number of aldehydes is 1. The average Bonchev–Trinajstić information content (AvgIpc) is 2.28. The molecule has 0 aliphatic rings. The number of benzene rings is 1. The highest BCUT2D eigenvalue weighted by atomic mass is 79.9. The molecular formula is C14H18BrNO3. The summed E-state index contributed by atoms with van der Waals surface area (Å²) >= 11 is 3.36. The molecular weight excluding hydrogens is 310 g/mol. The maximum atomic E-state index is 11.2. The molecule has 0 saturated heterocycles. The lowest BCUT2D eigenvalue weighted by molar-refractivity contribution is -0.110. The van der Waals surface area contributed by atoms with Gasteiger partial charge in [-0.3, -0.25) is 0 Å². The lowest BCUT2D eigenvalue weighted by Gasteiger charge is -2.35. The lowest BCUT2D eigenvalue weighted by atomic mass is 9.72. The Morgan fingerprint density at radius 3 is 2.21 bits per heavy atom. The second-order valence-corrected chi connectivity index (χ2v) is 6.42. The van der Waals surface area contributed by atoms with Crippen molar-refractivity contribution in [3.05, 3.63) is 34.3 Å². The zero-order chi connectivity index (χ0) is 14.6. The van der Waals surface area contributed by atoms with Crippen LogP contribution in [0.15, 0.2) is 28.7 Å². The molecule has 0 spiro atoms. The van der Waals surface area contributed by atoms with Gasteiger partial charge in [0.25, 0.3) is 0 Å². The fourth-order valence-electron chi connectivity index (χ4n) is 2.25. The third-order valence-electron chi connectivity index (χ3n) is 2.96. The number of halogens is 1. The number of nitrogens with one attached hydrogen (secondary N) is 1. The molecule has 2 N–H and O–H groups in total. The maximum absolute atomic E-state index is 11.2. The van der Waals surface area contributed by atoms with Crippen molar-refractivity contribution >= 4 is 28.3 Å². The van der Waals surface area contributed by atoms with E-state index < -0.39 is 12.1 Å². The Balaban J connectivity index is 3.17. The molecule has 5 heteroatoms. The van der Waals surface area contributed by atoms with Crippen LogP contribution in [-0.2, 0) is 4.79 Å². The van der Waals surface area contributed by atoms with E-state index in [1.807, 2.05) is 45.0 Å². The minimum atomic E-state index is -1.19. The summed E-state index contributed by atoms with van der Waals surface area (Å²) in [6, 6.07) is 6.81. The van der Waals surface area contributed by atoms with E-state index in [0.29, 0.717) is 6.29 Å². The lowest BCUT2D eigenvalue weighted by Crippen LogP contribution is -2.44. The molecule has 1 aromatic rings. The first-order chi connectivity index (χ1) is 8.75. The Labute approximate surface area is 121 Å². The largest absolute Gasteiger partial charge is 0.465 e. The third-order valence-corrected chi connectivity index (χ3v) is 3.49. The Bertz CT molecular complexity index is 451. The number of carboxylic acid groups (broad SMARTS) is 1. The van der Waals surface area contributed by atoms with Gasteiger partial charge in [-0.05, 0) is 23.1 Å². The Hall–Kier alpha value is -1.36. The van der Waals surface area contributed by atoms with Crippen molar-refractivity contribution in [1.82, 2.24) is 5.32 Å². The van der Waals surface area contributed by atoms with Crippen LogP contribution in [0.25, 0.3) is 0 Å². The van der Waals surface area contributed by atoms with Gasteiger partial charge in [0.05, 0.1) is 6.04 Å². The Morgan fingerprint density at radius 1 is 1.32 bits per heavy atom. The van der Waals surface area contributed by atoms with Gasteiger partial charge in [-0.1, -0.05) is 48.8 Å². The van der Waals surface area contributed by atoms with E-state index in [0.717, 1.165) is 10.0 Å². The number of carbonyl (C=O) groups is 2. The molecule has 0 aliphatic carbocycles. The maximum Gasteiger partial charge on any atom is 0.405 e. The summed E-state index contributed by atoms with van der Waals surface area (Å²) in [6.45, 7) is 5.96. The fraction of sp³-hybridized carbons (Fsp3) is 0.429. The third kappa shape index (κ3) is 4.35. The normalized spacial score (nSPS) is 14.5. The smallest absolute Gasteiger partial charge is 0.405 e. The molecule has 1 rings (SSSR count). The van der Waals surface area contributed by atoms with E-state index in [4.69, 9.17) is 5.11 Å². The predicted molar refractivity (Wildman–Crippen MR) is 77.4 cm³/mol. The summed E-state index contributed by atoms with van der Waals surface area (Å²) in [5, 5.41) is 11.1. The topological polar surface area (TPSA) is 66.4 Å². The molecule has 0 aliphatic heterocycles. The first-order valence-electron chi connectivity index (χ1n) is 5.96. The van der Waals surface area contributed by atoms with Crippen LogP contribution in [0.3, 0.4) is 0 Å². The van der Waals surface area contributed by atoms with E-state index in [9.17, 15) is 9.59 Å². The van der Waals surface area contributed by atoms with E-state index in [-0.39, 0.29) is 11.3 Å². The summed E-state index contributed by atoms with van der Waals surface area (Å²) in [4.78, 5) is 22.0. The first-order valence-corrected chi connectivity index (χ1v) is 6.75. The SMILES string of the molecule is CC(C)(C)[C@@H](c1ccc(Br)cc1)C(C=O)NC(=O)O. The van der Waals surface area contributed by atoms with Gasteiger partial charge in [-0.15, -0.1) is 0 Å². The highest BCUT2D eigenvalue weighted by Crippen LogP contribution is 2.37. The number of rotatable bonds is 4. The van der Waals surface area contributed by atoms with Crippen LogP contribution in [0, 0.1) is 5.41 Å². The Morgan fingerprint density at radius 2 is 1.84 bits per heavy atom. The summed E-state index contributed by atoms with van der Waals surface area (Å²) in [7, 11) is 0. The van der Waals surface area contributed by atoms with Crippen LogP contribution in [0.2, 0.25) is 0 Å². The summed E-state index contributed by atoms with van der Waals surface area (Å²) in [5.41, 5.74) is 0.684. The van der Waals surface area contributed by atoms with Crippen LogP contribution in [0.5, 0.6) is 0 Å². The van der Waals surface area contributed by atoms with Crippen molar-refractivity contribution < 1.29 is 14.7 Å². The molecule has 1 aromatic carbocycles. The number of hydrogen-bond acceptors (Lipinski definition) is 2. The second kappa shape index (κ2) is 6.19. The molecule has 4 nitrogen and oxygen atoms in total.